The van der Waals surface area contributed by atoms with Crippen LogP contribution in [0.15, 0.2) is 83.8 Å². The van der Waals surface area contributed by atoms with Crippen LogP contribution in [0.25, 0.3) is 0 Å². The number of hydrogen-bond donors (Lipinski definition) is 1. The number of nitrogens with one attached hydrogen (secondary N) is 1. The van der Waals surface area contributed by atoms with Gasteiger partial charge in [-0.15, -0.1) is 11.8 Å². The smallest absolute Gasteiger partial charge is 0.243 e. The van der Waals surface area contributed by atoms with E-state index in [1.807, 2.05) is 67.6 Å². The van der Waals surface area contributed by atoms with Crippen molar-refractivity contribution < 1.29 is 9.59 Å². The standard InChI is InChI=1S/C26H26Cl2N2O2S/c1-2-29-26(32)24(16-19-8-4-3-5-9-19)30(17-20-10-6-7-11-23(20)28)25(31)18-33-22-14-12-21(27)13-15-22/h3-15,24H,2,16-18H2,1H3,(H,29,32)/t24-/m1/s1. The zero-order valence-electron chi connectivity index (χ0n) is 18.3. The SMILES string of the molecule is CCNC(=O)[C@@H](Cc1ccccc1)N(Cc1ccccc1Cl)C(=O)CSc1ccc(Cl)cc1. The van der Waals surface area contributed by atoms with Gasteiger partial charge in [-0.05, 0) is 48.4 Å². The van der Waals surface area contributed by atoms with Crippen LogP contribution in [0.5, 0.6) is 0 Å². The molecule has 1 N–H and O–H groups in total. The maximum absolute atomic E-state index is 13.5. The molecule has 0 aliphatic heterocycles. The van der Waals surface area contributed by atoms with Gasteiger partial charge in [0.15, 0.2) is 0 Å². The largest absolute Gasteiger partial charge is 0.355 e. The second-order valence-corrected chi connectivity index (χ2v) is 9.35. The molecule has 1 atom stereocenters. The number of halogens is 2. The highest BCUT2D eigenvalue weighted by atomic mass is 35.5. The summed E-state index contributed by atoms with van der Waals surface area (Å²) in [7, 11) is 0. The van der Waals surface area contributed by atoms with Gasteiger partial charge in [0.25, 0.3) is 0 Å². The first-order valence-corrected chi connectivity index (χ1v) is 12.4. The minimum absolute atomic E-state index is 0.137. The first-order valence-electron chi connectivity index (χ1n) is 10.7. The van der Waals surface area contributed by atoms with Crippen LogP contribution in [0.3, 0.4) is 0 Å². The van der Waals surface area contributed by atoms with Crippen molar-refractivity contribution in [3.8, 4) is 0 Å². The Balaban J connectivity index is 1.89. The van der Waals surface area contributed by atoms with Gasteiger partial charge >= 0.3 is 0 Å². The highest BCUT2D eigenvalue weighted by Crippen LogP contribution is 2.24. The van der Waals surface area contributed by atoms with Crippen LogP contribution in [-0.4, -0.2) is 35.1 Å². The molecule has 172 valence electrons. The first kappa shape index (κ1) is 25.2. The average Bonchev–Trinajstić information content (AvgIpc) is 2.82. The van der Waals surface area contributed by atoms with Gasteiger partial charge in [0.2, 0.25) is 11.8 Å². The number of amides is 2. The van der Waals surface area contributed by atoms with Gasteiger partial charge in [-0.1, -0.05) is 71.7 Å². The molecule has 0 aliphatic carbocycles. The minimum Gasteiger partial charge on any atom is -0.355 e. The Morgan fingerprint density at radius 2 is 1.61 bits per heavy atom. The van der Waals surface area contributed by atoms with Crippen molar-refractivity contribution in [2.45, 2.75) is 30.8 Å². The summed E-state index contributed by atoms with van der Waals surface area (Å²) in [5, 5.41) is 4.10. The van der Waals surface area contributed by atoms with Crippen LogP contribution >= 0.6 is 35.0 Å². The molecular formula is C26H26Cl2N2O2S. The number of likely N-dealkylation sites (N-methyl/N-ethyl adjacent to an activating group) is 1. The van der Waals surface area contributed by atoms with E-state index < -0.39 is 6.04 Å². The van der Waals surface area contributed by atoms with E-state index in [0.29, 0.717) is 23.0 Å². The molecule has 0 spiro atoms. The van der Waals surface area contributed by atoms with Gasteiger partial charge in [0, 0.05) is 34.5 Å². The lowest BCUT2D eigenvalue weighted by atomic mass is 10.0. The molecule has 2 amide bonds. The maximum Gasteiger partial charge on any atom is 0.243 e. The Bertz CT molecular complexity index is 1060. The molecule has 0 bridgehead atoms. The third kappa shape index (κ3) is 7.53. The van der Waals surface area contributed by atoms with Crippen LogP contribution < -0.4 is 5.32 Å². The van der Waals surface area contributed by atoms with Crippen LogP contribution in [0, 0.1) is 0 Å². The molecule has 0 aliphatic rings. The van der Waals surface area contributed by atoms with E-state index in [1.165, 1.54) is 11.8 Å². The minimum atomic E-state index is -0.665. The zero-order valence-corrected chi connectivity index (χ0v) is 20.7. The van der Waals surface area contributed by atoms with Crippen molar-refractivity contribution in [1.82, 2.24) is 10.2 Å². The van der Waals surface area contributed by atoms with Crippen molar-refractivity contribution in [1.29, 1.82) is 0 Å². The van der Waals surface area contributed by atoms with Gasteiger partial charge in [-0.3, -0.25) is 9.59 Å². The van der Waals surface area contributed by atoms with Crippen LogP contribution in [-0.2, 0) is 22.6 Å². The van der Waals surface area contributed by atoms with Crippen LogP contribution in [0.4, 0.5) is 0 Å². The molecule has 4 nitrogen and oxygen atoms in total. The number of thioether (sulfide) groups is 1. The Hall–Kier alpha value is -2.47. The Kier molecular flexibility index (Phi) is 9.67. The van der Waals surface area contributed by atoms with E-state index in [4.69, 9.17) is 23.2 Å². The lowest BCUT2D eigenvalue weighted by Crippen LogP contribution is -2.51. The Morgan fingerprint density at radius 3 is 2.27 bits per heavy atom. The predicted octanol–water partition coefficient (Wildman–Crippen LogP) is 5.86. The van der Waals surface area contributed by atoms with Crippen molar-refractivity contribution >= 4 is 46.8 Å². The molecule has 0 radical (unpaired) electrons. The van der Waals surface area contributed by atoms with E-state index in [1.54, 1.807) is 23.1 Å². The topological polar surface area (TPSA) is 49.4 Å². The second kappa shape index (κ2) is 12.7. The lowest BCUT2D eigenvalue weighted by Gasteiger charge is -2.31. The highest BCUT2D eigenvalue weighted by Gasteiger charge is 2.30. The fourth-order valence-corrected chi connectivity index (χ4v) is 4.52. The molecule has 3 rings (SSSR count). The van der Waals surface area contributed by atoms with E-state index in [2.05, 4.69) is 5.32 Å². The summed E-state index contributed by atoms with van der Waals surface area (Å²) in [5.41, 5.74) is 1.78. The summed E-state index contributed by atoms with van der Waals surface area (Å²) in [5.74, 6) is -0.128. The fourth-order valence-electron chi connectivity index (χ4n) is 3.41. The molecule has 0 saturated carbocycles. The third-order valence-corrected chi connectivity index (χ3v) is 6.71. The summed E-state index contributed by atoms with van der Waals surface area (Å²) in [4.78, 5) is 29.2. The van der Waals surface area contributed by atoms with Crippen molar-refractivity contribution in [2.24, 2.45) is 0 Å². The summed E-state index contributed by atoms with van der Waals surface area (Å²) in [6, 6.07) is 23.8. The van der Waals surface area contributed by atoms with E-state index >= 15 is 0 Å². The highest BCUT2D eigenvalue weighted by molar-refractivity contribution is 8.00. The molecule has 0 fully saturated rings. The Labute approximate surface area is 209 Å². The van der Waals surface area contributed by atoms with Crippen molar-refractivity contribution in [2.75, 3.05) is 12.3 Å². The number of hydrogen-bond acceptors (Lipinski definition) is 3. The maximum atomic E-state index is 13.5. The number of benzene rings is 3. The number of carbonyl (C=O) groups is 2. The third-order valence-electron chi connectivity index (χ3n) is 5.10. The van der Waals surface area contributed by atoms with Gasteiger partial charge < -0.3 is 10.2 Å². The fraction of sp³-hybridized carbons (Fsp3) is 0.231. The number of nitrogens with zero attached hydrogens (tertiary/aromatic N) is 1. The van der Waals surface area contributed by atoms with E-state index in [-0.39, 0.29) is 24.1 Å². The summed E-state index contributed by atoms with van der Waals surface area (Å²) < 4.78 is 0. The molecule has 3 aromatic rings. The van der Waals surface area contributed by atoms with Crippen molar-refractivity contribution in [3.63, 3.8) is 0 Å². The molecular weight excluding hydrogens is 475 g/mol. The van der Waals surface area contributed by atoms with Gasteiger partial charge in [-0.2, -0.15) is 0 Å². The molecule has 33 heavy (non-hydrogen) atoms. The van der Waals surface area contributed by atoms with E-state index in [9.17, 15) is 9.59 Å². The van der Waals surface area contributed by atoms with Crippen LogP contribution in [0.1, 0.15) is 18.1 Å². The number of carbonyl (C=O) groups excluding carboxylic acids is 2. The molecule has 0 saturated heterocycles. The average molecular weight is 501 g/mol. The monoisotopic (exact) mass is 500 g/mol. The normalized spacial score (nSPS) is 11.6. The van der Waals surface area contributed by atoms with Crippen molar-refractivity contribution in [3.05, 3.63) is 100 Å². The van der Waals surface area contributed by atoms with E-state index in [0.717, 1.165) is 16.0 Å². The van der Waals surface area contributed by atoms with Crippen LogP contribution in [0.2, 0.25) is 10.0 Å². The second-order valence-electron chi connectivity index (χ2n) is 7.46. The zero-order chi connectivity index (χ0) is 23.6. The molecule has 0 unspecified atom stereocenters. The summed E-state index contributed by atoms with van der Waals surface area (Å²) in [6.07, 6.45) is 0.411. The molecule has 0 aromatic heterocycles. The van der Waals surface area contributed by atoms with Gasteiger partial charge in [0.05, 0.1) is 5.75 Å². The lowest BCUT2D eigenvalue weighted by molar-refractivity contribution is -0.139. The molecule has 3 aromatic carbocycles. The quantitative estimate of drug-likeness (QED) is 0.354. The van der Waals surface area contributed by atoms with Gasteiger partial charge in [-0.25, -0.2) is 0 Å². The Morgan fingerprint density at radius 1 is 0.939 bits per heavy atom. The summed E-state index contributed by atoms with van der Waals surface area (Å²) in [6.45, 7) is 2.60. The molecule has 0 heterocycles. The number of rotatable bonds is 10. The van der Waals surface area contributed by atoms with Gasteiger partial charge in [0.1, 0.15) is 6.04 Å². The molecule has 7 heteroatoms. The summed E-state index contributed by atoms with van der Waals surface area (Å²) >= 11 is 13.8. The first-order chi connectivity index (χ1) is 16.0. The predicted molar refractivity (Wildman–Crippen MR) is 137 cm³/mol.